The molecule has 0 saturated heterocycles. The standard InChI is InChI=1S/C8H12O/c1-5(9)2-8-6-3-7(8)4-6/h6-8H,2-4H2,1H3. The lowest BCUT2D eigenvalue weighted by Gasteiger charge is -2.58. The molecule has 3 aliphatic rings. The minimum Gasteiger partial charge on any atom is -0.300 e. The molecule has 50 valence electrons. The smallest absolute Gasteiger partial charge is 0.130 e. The topological polar surface area (TPSA) is 17.1 Å². The average molecular weight is 124 g/mol. The maximum atomic E-state index is 10.6. The highest BCUT2D eigenvalue weighted by Crippen LogP contribution is 2.59. The highest BCUT2D eigenvalue weighted by atomic mass is 16.1. The van der Waals surface area contributed by atoms with Crippen LogP contribution in [-0.2, 0) is 4.79 Å². The number of carbonyl (C=O) groups is 1. The van der Waals surface area contributed by atoms with Gasteiger partial charge in [0.1, 0.15) is 5.78 Å². The maximum Gasteiger partial charge on any atom is 0.130 e. The van der Waals surface area contributed by atoms with Crippen LogP contribution in [-0.4, -0.2) is 5.78 Å². The van der Waals surface area contributed by atoms with Crippen molar-refractivity contribution in [3.8, 4) is 0 Å². The molecule has 1 heteroatoms. The highest BCUT2D eigenvalue weighted by Gasteiger charge is 2.52. The number of carbonyl (C=O) groups excluding carboxylic acids is 1. The summed E-state index contributed by atoms with van der Waals surface area (Å²) in [5, 5.41) is 0. The van der Waals surface area contributed by atoms with Crippen molar-refractivity contribution < 1.29 is 4.79 Å². The summed E-state index contributed by atoms with van der Waals surface area (Å²) in [6.45, 7) is 1.71. The fraction of sp³-hybridized carbons (Fsp3) is 0.875. The van der Waals surface area contributed by atoms with Crippen molar-refractivity contribution in [2.24, 2.45) is 17.8 Å². The molecule has 0 unspecified atom stereocenters. The van der Waals surface area contributed by atoms with Crippen LogP contribution < -0.4 is 0 Å². The lowest BCUT2D eigenvalue weighted by Crippen LogP contribution is -2.50. The normalized spacial score (nSPS) is 45.2. The fourth-order valence-corrected chi connectivity index (χ4v) is 2.07. The van der Waals surface area contributed by atoms with Gasteiger partial charge in [0.2, 0.25) is 0 Å². The van der Waals surface area contributed by atoms with Crippen LogP contribution in [0, 0.1) is 17.8 Å². The van der Waals surface area contributed by atoms with E-state index >= 15 is 0 Å². The maximum absolute atomic E-state index is 10.6. The van der Waals surface area contributed by atoms with E-state index in [1.54, 1.807) is 6.92 Å². The Hall–Kier alpha value is -0.330. The van der Waals surface area contributed by atoms with E-state index < -0.39 is 0 Å². The van der Waals surface area contributed by atoms with Crippen molar-refractivity contribution in [2.45, 2.75) is 26.2 Å². The predicted octanol–water partition coefficient (Wildman–Crippen LogP) is 1.62. The van der Waals surface area contributed by atoms with Crippen molar-refractivity contribution in [3.63, 3.8) is 0 Å². The van der Waals surface area contributed by atoms with Gasteiger partial charge in [-0.2, -0.15) is 0 Å². The summed E-state index contributed by atoms with van der Waals surface area (Å²) in [4.78, 5) is 10.6. The molecule has 9 heavy (non-hydrogen) atoms. The van der Waals surface area contributed by atoms with Crippen LogP contribution in [0.3, 0.4) is 0 Å². The molecule has 3 saturated carbocycles. The molecule has 0 radical (unpaired) electrons. The van der Waals surface area contributed by atoms with Gasteiger partial charge in [0, 0.05) is 6.42 Å². The van der Waals surface area contributed by atoms with Crippen LogP contribution in [0.2, 0.25) is 0 Å². The van der Waals surface area contributed by atoms with Crippen LogP contribution in [0.1, 0.15) is 26.2 Å². The number of rotatable bonds is 2. The van der Waals surface area contributed by atoms with Gasteiger partial charge in [0.15, 0.2) is 0 Å². The zero-order valence-corrected chi connectivity index (χ0v) is 5.76. The first-order valence-corrected chi connectivity index (χ1v) is 3.77. The van der Waals surface area contributed by atoms with Crippen LogP contribution in [0.4, 0.5) is 0 Å². The van der Waals surface area contributed by atoms with E-state index in [1.807, 2.05) is 0 Å². The van der Waals surface area contributed by atoms with Crippen LogP contribution in [0.5, 0.6) is 0 Å². The first-order chi connectivity index (χ1) is 4.27. The molecule has 0 atom stereocenters. The molecule has 0 heterocycles. The second kappa shape index (κ2) is 1.59. The highest BCUT2D eigenvalue weighted by molar-refractivity contribution is 5.76. The Balaban J connectivity index is 1.83. The van der Waals surface area contributed by atoms with Crippen molar-refractivity contribution in [3.05, 3.63) is 0 Å². The summed E-state index contributed by atoms with van der Waals surface area (Å²) in [6, 6.07) is 0. The molecule has 3 rings (SSSR count). The van der Waals surface area contributed by atoms with E-state index in [0.717, 1.165) is 24.2 Å². The molecule has 0 aromatic carbocycles. The van der Waals surface area contributed by atoms with E-state index in [0.29, 0.717) is 5.78 Å². The van der Waals surface area contributed by atoms with Crippen LogP contribution in [0.15, 0.2) is 0 Å². The summed E-state index contributed by atoms with van der Waals surface area (Å²) in [6.07, 6.45) is 3.73. The molecule has 0 amide bonds. The van der Waals surface area contributed by atoms with Crippen molar-refractivity contribution >= 4 is 5.78 Å². The molecule has 0 N–H and O–H groups in total. The van der Waals surface area contributed by atoms with Crippen molar-refractivity contribution in [1.29, 1.82) is 0 Å². The van der Waals surface area contributed by atoms with Crippen LogP contribution >= 0.6 is 0 Å². The minimum atomic E-state index is 0.384. The molecule has 0 aromatic rings. The molecule has 2 bridgehead atoms. The second-order valence-corrected chi connectivity index (χ2v) is 3.56. The molecule has 0 spiro atoms. The molecule has 1 nitrogen and oxygen atoms in total. The quantitative estimate of drug-likeness (QED) is 0.546. The van der Waals surface area contributed by atoms with Gasteiger partial charge >= 0.3 is 0 Å². The van der Waals surface area contributed by atoms with E-state index in [-0.39, 0.29) is 0 Å². The van der Waals surface area contributed by atoms with Gasteiger partial charge in [0.25, 0.3) is 0 Å². The van der Waals surface area contributed by atoms with E-state index in [9.17, 15) is 4.79 Å². The Morgan fingerprint density at radius 1 is 1.44 bits per heavy atom. The van der Waals surface area contributed by atoms with Gasteiger partial charge in [-0.1, -0.05) is 0 Å². The lowest BCUT2D eigenvalue weighted by molar-refractivity contribution is -0.130. The van der Waals surface area contributed by atoms with Crippen LogP contribution in [0.25, 0.3) is 0 Å². The van der Waals surface area contributed by atoms with E-state index in [2.05, 4.69) is 0 Å². The molecule has 3 aliphatic carbocycles. The molecular formula is C8H12O. The lowest BCUT2D eigenvalue weighted by atomic mass is 9.47. The summed E-state index contributed by atoms with van der Waals surface area (Å²) >= 11 is 0. The van der Waals surface area contributed by atoms with Gasteiger partial charge in [-0.3, -0.25) is 0 Å². The average Bonchev–Trinajstić information content (AvgIpc) is 1.54. The number of ketones is 1. The zero-order valence-electron chi connectivity index (χ0n) is 5.76. The molecule has 0 aliphatic heterocycles. The third kappa shape index (κ3) is 0.637. The number of Topliss-reactive ketones (excluding diaryl/α,β-unsaturated/α-hetero) is 1. The predicted molar refractivity (Wildman–Crippen MR) is 35.0 cm³/mol. The minimum absolute atomic E-state index is 0.384. The number of hydrogen-bond acceptors (Lipinski definition) is 1. The molecule has 3 fully saturated rings. The van der Waals surface area contributed by atoms with Gasteiger partial charge < -0.3 is 4.79 Å². The Kier molecular flexibility index (Phi) is 0.961. The summed E-state index contributed by atoms with van der Waals surface area (Å²) in [7, 11) is 0. The van der Waals surface area contributed by atoms with Gasteiger partial charge in [-0.25, -0.2) is 0 Å². The zero-order chi connectivity index (χ0) is 6.43. The Bertz CT molecular complexity index is 137. The number of hydrogen-bond donors (Lipinski definition) is 0. The van der Waals surface area contributed by atoms with E-state index in [1.165, 1.54) is 12.8 Å². The fourth-order valence-electron chi connectivity index (χ4n) is 2.07. The van der Waals surface area contributed by atoms with Gasteiger partial charge in [0.05, 0.1) is 0 Å². The first-order valence-electron chi connectivity index (χ1n) is 3.77. The second-order valence-electron chi connectivity index (χ2n) is 3.56. The Morgan fingerprint density at radius 2 is 2.00 bits per heavy atom. The van der Waals surface area contributed by atoms with Crippen molar-refractivity contribution in [2.75, 3.05) is 0 Å². The van der Waals surface area contributed by atoms with Crippen molar-refractivity contribution in [1.82, 2.24) is 0 Å². The summed E-state index contributed by atoms with van der Waals surface area (Å²) in [5.74, 6) is 3.12. The van der Waals surface area contributed by atoms with Gasteiger partial charge in [-0.05, 0) is 37.5 Å². The third-order valence-electron chi connectivity index (χ3n) is 2.95. The van der Waals surface area contributed by atoms with E-state index in [4.69, 9.17) is 0 Å². The summed E-state index contributed by atoms with van der Waals surface area (Å²) in [5.41, 5.74) is 0. The summed E-state index contributed by atoms with van der Waals surface area (Å²) < 4.78 is 0. The van der Waals surface area contributed by atoms with Gasteiger partial charge in [-0.15, -0.1) is 0 Å². The molecular weight excluding hydrogens is 112 g/mol. The first kappa shape index (κ1) is 5.45. The monoisotopic (exact) mass is 124 g/mol. The largest absolute Gasteiger partial charge is 0.300 e. The SMILES string of the molecule is CC(=O)CC1C2CC1C2. The Morgan fingerprint density at radius 3 is 2.11 bits per heavy atom. The Labute approximate surface area is 55.4 Å². The third-order valence-corrected chi connectivity index (χ3v) is 2.95. The molecule has 0 aromatic heterocycles.